The van der Waals surface area contributed by atoms with Gasteiger partial charge in [-0.1, -0.05) is 43.7 Å². The number of hydrogen-bond donors (Lipinski definition) is 0. The number of ether oxygens (including phenoxy) is 1. The molecule has 0 spiro atoms. The first kappa shape index (κ1) is 18.2. The Bertz CT molecular complexity index is 287. The molecular formula is C15H26O3S. The van der Waals surface area contributed by atoms with Crippen LogP contribution in [0.5, 0.6) is 0 Å². The zero-order valence-electron chi connectivity index (χ0n) is 12.3. The van der Waals surface area contributed by atoms with E-state index in [0.29, 0.717) is 5.75 Å². The number of thioether (sulfide) groups is 1. The molecule has 0 saturated heterocycles. The van der Waals surface area contributed by atoms with Crippen LogP contribution in [0.25, 0.3) is 0 Å². The summed E-state index contributed by atoms with van der Waals surface area (Å²) in [5, 5.41) is 0.108. The van der Waals surface area contributed by atoms with Gasteiger partial charge in [-0.2, -0.15) is 0 Å². The maximum atomic E-state index is 11.0. The van der Waals surface area contributed by atoms with Gasteiger partial charge in [-0.3, -0.25) is 9.59 Å². The highest BCUT2D eigenvalue weighted by molar-refractivity contribution is 8.13. The summed E-state index contributed by atoms with van der Waals surface area (Å²) in [6.45, 7) is 5.17. The van der Waals surface area contributed by atoms with Crippen molar-refractivity contribution < 1.29 is 14.3 Å². The molecule has 0 aromatic carbocycles. The number of carbonyl (C=O) groups is 2. The van der Waals surface area contributed by atoms with Crippen molar-refractivity contribution in [1.82, 2.24) is 0 Å². The quantitative estimate of drug-likeness (QED) is 0.344. The normalized spacial score (nSPS) is 12.6. The van der Waals surface area contributed by atoms with Crippen molar-refractivity contribution in [2.24, 2.45) is 0 Å². The summed E-state index contributed by atoms with van der Waals surface area (Å²) in [6.07, 6.45) is 10.4. The van der Waals surface area contributed by atoms with E-state index in [9.17, 15) is 9.59 Å². The van der Waals surface area contributed by atoms with Crippen LogP contribution in [0.4, 0.5) is 0 Å². The average molecular weight is 286 g/mol. The molecule has 0 aliphatic rings. The van der Waals surface area contributed by atoms with E-state index in [4.69, 9.17) is 4.74 Å². The molecule has 0 bridgehead atoms. The van der Waals surface area contributed by atoms with Crippen molar-refractivity contribution in [1.29, 1.82) is 0 Å². The van der Waals surface area contributed by atoms with Gasteiger partial charge < -0.3 is 4.74 Å². The number of hydrogen-bond acceptors (Lipinski definition) is 4. The summed E-state index contributed by atoms with van der Waals surface area (Å²) < 4.78 is 5.25. The molecule has 0 saturated carbocycles. The Hall–Kier alpha value is -0.770. The maximum Gasteiger partial charge on any atom is 0.302 e. The van der Waals surface area contributed by atoms with E-state index in [1.165, 1.54) is 37.9 Å². The molecule has 0 aliphatic carbocycles. The van der Waals surface area contributed by atoms with Crippen molar-refractivity contribution in [3.05, 3.63) is 12.2 Å². The van der Waals surface area contributed by atoms with Gasteiger partial charge in [0.15, 0.2) is 5.12 Å². The van der Waals surface area contributed by atoms with Crippen molar-refractivity contribution in [2.75, 3.05) is 5.75 Å². The van der Waals surface area contributed by atoms with Crippen molar-refractivity contribution in [3.8, 4) is 0 Å². The molecule has 0 radical (unpaired) electrons. The Morgan fingerprint density at radius 3 is 2.53 bits per heavy atom. The van der Waals surface area contributed by atoms with Crippen molar-refractivity contribution in [2.45, 2.75) is 65.4 Å². The third kappa shape index (κ3) is 13.5. The summed E-state index contributed by atoms with van der Waals surface area (Å²) in [5.41, 5.74) is 0. The zero-order chi connectivity index (χ0) is 14.5. The number of rotatable bonds is 10. The molecule has 1 unspecified atom stereocenters. The largest absolute Gasteiger partial charge is 0.462 e. The fourth-order valence-electron chi connectivity index (χ4n) is 1.67. The van der Waals surface area contributed by atoms with Crippen LogP contribution < -0.4 is 0 Å². The van der Waals surface area contributed by atoms with Gasteiger partial charge in [0.1, 0.15) is 6.10 Å². The van der Waals surface area contributed by atoms with Crippen LogP contribution in [0, 0.1) is 0 Å². The topological polar surface area (TPSA) is 43.4 Å². The molecule has 4 heteroatoms. The van der Waals surface area contributed by atoms with Crippen LogP contribution in [0.3, 0.4) is 0 Å². The summed E-state index contributed by atoms with van der Waals surface area (Å²) in [7, 11) is 0. The lowest BCUT2D eigenvalue weighted by molar-refractivity contribution is -0.146. The first-order chi connectivity index (χ1) is 9.06. The molecule has 0 heterocycles. The second kappa shape index (κ2) is 12.3. The highest BCUT2D eigenvalue weighted by Crippen LogP contribution is 2.12. The Morgan fingerprint density at radius 2 is 1.95 bits per heavy atom. The Morgan fingerprint density at radius 1 is 1.21 bits per heavy atom. The van der Waals surface area contributed by atoms with Gasteiger partial charge in [-0.25, -0.2) is 0 Å². The van der Waals surface area contributed by atoms with Gasteiger partial charge in [-0.15, -0.1) is 0 Å². The molecule has 110 valence electrons. The van der Waals surface area contributed by atoms with E-state index in [1.807, 2.05) is 0 Å². The molecule has 0 aliphatic heterocycles. The third-order valence-corrected chi connectivity index (χ3v) is 3.46. The molecule has 19 heavy (non-hydrogen) atoms. The SMILES string of the molecule is CCCCCC=CCC(CCSC(C)=O)OC(C)=O. The minimum Gasteiger partial charge on any atom is -0.462 e. The monoisotopic (exact) mass is 286 g/mol. The number of allylic oxidation sites excluding steroid dienone is 1. The summed E-state index contributed by atoms with van der Waals surface area (Å²) in [4.78, 5) is 21.9. The standard InChI is InChI=1S/C15H26O3S/c1-4-5-6-7-8-9-10-15(18-13(2)16)11-12-19-14(3)17/h8-9,15H,4-7,10-12H2,1-3H3. The zero-order valence-corrected chi connectivity index (χ0v) is 13.1. The van der Waals surface area contributed by atoms with Gasteiger partial charge >= 0.3 is 5.97 Å². The average Bonchev–Trinajstić information content (AvgIpc) is 2.32. The van der Waals surface area contributed by atoms with Crippen LogP contribution in [0.2, 0.25) is 0 Å². The van der Waals surface area contributed by atoms with Gasteiger partial charge in [0.2, 0.25) is 0 Å². The van der Waals surface area contributed by atoms with Crippen LogP contribution in [0.1, 0.15) is 59.3 Å². The Balaban J connectivity index is 3.91. The minimum atomic E-state index is -0.253. The van der Waals surface area contributed by atoms with Gasteiger partial charge in [-0.05, 0) is 19.3 Å². The van der Waals surface area contributed by atoms with E-state index >= 15 is 0 Å². The molecular weight excluding hydrogens is 260 g/mol. The molecule has 3 nitrogen and oxygen atoms in total. The second-order valence-electron chi connectivity index (χ2n) is 4.56. The second-order valence-corrected chi connectivity index (χ2v) is 5.83. The predicted octanol–water partition coefficient (Wildman–Crippen LogP) is 4.11. The van der Waals surface area contributed by atoms with Crippen molar-refractivity contribution in [3.63, 3.8) is 0 Å². The maximum absolute atomic E-state index is 11.0. The molecule has 0 fully saturated rings. The van der Waals surface area contributed by atoms with Crippen LogP contribution in [0.15, 0.2) is 12.2 Å². The van der Waals surface area contributed by atoms with E-state index in [-0.39, 0.29) is 17.2 Å². The lowest BCUT2D eigenvalue weighted by Crippen LogP contribution is -2.16. The smallest absolute Gasteiger partial charge is 0.302 e. The number of unbranched alkanes of at least 4 members (excludes halogenated alkanes) is 3. The third-order valence-electron chi connectivity index (χ3n) is 2.62. The first-order valence-corrected chi connectivity index (χ1v) is 8.00. The molecule has 0 rings (SSSR count). The molecule has 0 N–H and O–H groups in total. The van der Waals surface area contributed by atoms with Crippen molar-refractivity contribution >= 4 is 22.8 Å². The van der Waals surface area contributed by atoms with E-state index in [2.05, 4.69) is 19.1 Å². The molecule has 0 aromatic rings. The fourth-order valence-corrected chi connectivity index (χ4v) is 2.34. The fraction of sp³-hybridized carbons (Fsp3) is 0.733. The first-order valence-electron chi connectivity index (χ1n) is 7.01. The highest BCUT2D eigenvalue weighted by atomic mass is 32.2. The molecule has 0 amide bonds. The summed E-state index contributed by atoms with van der Waals surface area (Å²) >= 11 is 1.28. The minimum absolute atomic E-state index is 0.105. The summed E-state index contributed by atoms with van der Waals surface area (Å²) in [5.74, 6) is 0.453. The summed E-state index contributed by atoms with van der Waals surface area (Å²) in [6, 6.07) is 0. The highest BCUT2D eigenvalue weighted by Gasteiger charge is 2.10. The molecule has 0 aromatic heterocycles. The van der Waals surface area contributed by atoms with E-state index < -0.39 is 0 Å². The van der Waals surface area contributed by atoms with E-state index in [1.54, 1.807) is 6.92 Å². The van der Waals surface area contributed by atoms with Gasteiger partial charge in [0.25, 0.3) is 0 Å². The van der Waals surface area contributed by atoms with Crippen LogP contribution >= 0.6 is 11.8 Å². The Kier molecular flexibility index (Phi) is 11.8. The number of esters is 1. The lowest BCUT2D eigenvalue weighted by Gasteiger charge is -2.14. The van der Waals surface area contributed by atoms with Gasteiger partial charge in [0.05, 0.1) is 0 Å². The number of carbonyl (C=O) groups excluding carboxylic acids is 2. The van der Waals surface area contributed by atoms with Gasteiger partial charge in [0, 0.05) is 26.0 Å². The van der Waals surface area contributed by atoms with Crippen LogP contribution in [-0.2, 0) is 14.3 Å². The van der Waals surface area contributed by atoms with Crippen LogP contribution in [-0.4, -0.2) is 22.9 Å². The molecule has 1 atom stereocenters. The predicted molar refractivity (Wildman–Crippen MR) is 81.2 cm³/mol. The van der Waals surface area contributed by atoms with E-state index in [0.717, 1.165) is 19.3 Å². The Labute approximate surface area is 121 Å². The lowest BCUT2D eigenvalue weighted by atomic mass is 10.1.